The van der Waals surface area contributed by atoms with Crippen molar-refractivity contribution in [3.63, 3.8) is 0 Å². The molecule has 1 aliphatic rings. The Bertz CT molecular complexity index is 1260. The number of aryl methyl sites for hydroxylation is 2. The number of benzene rings is 2. The number of carbonyl (C=O) groups excluding carboxylic acids is 1. The van der Waals surface area contributed by atoms with Crippen LogP contribution in [0.25, 0.3) is 11.1 Å². The molecule has 2 N–H and O–H groups in total. The van der Waals surface area contributed by atoms with Crippen molar-refractivity contribution in [1.82, 2.24) is 9.29 Å². The highest BCUT2D eigenvalue weighted by Crippen LogP contribution is 2.26. The molecule has 1 aliphatic heterocycles. The Labute approximate surface area is 173 Å². The van der Waals surface area contributed by atoms with E-state index in [-0.39, 0.29) is 22.9 Å². The maximum absolute atomic E-state index is 13.1. The quantitative estimate of drug-likeness (QED) is 0.662. The summed E-state index contributed by atoms with van der Waals surface area (Å²) in [6.45, 7) is 4.36. The highest BCUT2D eigenvalue weighted by atomic mass is 32.2. The van der Waals surface area contributed by atoms with Gasteiger partial charge >= 0.3 is 5.76 Å². The van der Waals surface area contributed by atoms with Gasteiger partial charge in [-0.05, 0) is 62.1 Å². The Morgan fingerprint density at radius 2 is 1.90 bits per heavy atom. The summed E-state index contributed by atoms with van der Waals surface area (Å²) in [5.41, 5.74) is 3.42. The van der Waals surface area contributed by atoms with Gasteiger partial charge in [0.2, 0.25) is 15.9 Å². The van der Waals surface area contributed by atoms with Gasteiger partial charge in [-0.1, -0.05) is 6.07 Å². The molecule has 3 aromatic rings. The van der Waals surface area contributed by atoms with Crippen molar-refractivity contribution < 1.29 is 17.6 Å². The van der Waals surface area contributed by atoms with Gasteiger partial charge in [-0.25, -0.2) is 13.2 Å². The molecule has 2 aromatic carbocycles. The third-order valence-electron chi connectivity index (χ3n) is 5.27. The van der Waals surface area contributed by atoms with E-state index in [4.69, 9.17) is 4.42 Å². The second-order valence-corrected chi connectivity index (χ2v) is 9.68. The van der Waals surface area contributed by atoms with Crippen LogP contribution in [-0.2, 0) is 14.8 Å². The van der Waals surface area contributed by atoms with E-state index in [1.54, 1.807) is 0 Å². The van der Waals surface area contributed by atoms with E-state index in [9.17, 15) is 18.0 Å². The lowest BCUT2D eigenvalue weighted by molar-refractivity contribution is -0.120. The maximum Gasteiger partial charge on any atom is 0.417 e. The van der Waals surface area contributed by atoms with Gasteiger partial charge in [0.25, 0.3) is 0 Å². The van der Waals surface area contributed by atoms with Crippen molar-refractivity contribution in [3.8, 4) is 0 Å². The molecule has 8 nitrogen and oxygen atoms in total. The minimum atomic E-state index is -3.82. The van der Waals surface area contributed by atoms with E-state index in [0.29, 0.717) is 30.6 Å². The van der Waals surface area contributed by atoms with Gasteiger partial charge in [-0.15, -0.1) is 0 Å². The first kappa shape index (κ1) is 20.4. The van der Waals surface area contributed by atoms with E-state index in [1.165, 1.54) is 22.5 Å². The molecule has 1 fully saturated rings. The minimum Gasteiger partial charge on any atom is -0.408 e. The molecular weight excluding hydrogens is 406 g/mol. The van der Waals surface area contributed by atoms with Gasteiger partial charge in [-0.3, -0.25) is 9.78 Å². The zero-order valence-electron chi connectivity index (χ0n) is 16.8. The van der Waals surface area contributed by atoms with Crippen molar-refractivity contribution in [3.05, 3.63) is 58.1 Å². The number of sulfonamides is 1. The van der Waals surface area contributed by atoms with Crippen LogP contribution in [0.1, 0.15) is 24.0 Å². The molecule has 1 aromatic heterocycles. The molecule has 1 unspecified atom stereocenters. The Hall–Kier alpha value is -2.91. The van der Waals surface area contributed by atoms with Gasteiger partial charge in [0.1, 0.15) is 0 Å². The van der Waals surface area contributed by atoms with Gasteiger partial charge in [0.15, 0.2) is 5.58 Å². The first-order valence-corrected chi connectivity index (χ1v) is 11.2. The predicted molar refractivity (Wildman–Crippen MR) is 113 cm³/mol. The van der Waals surface area contributed by atoms with Crippen molar-refractivity contribution in [1.29, 1.82) is 0 Å². The zero-order valence-corrected chi connectivity index (χ0v) is 17.6. The number of nitrogens with zero attached hydrogens (tertiary/aromatic N) is 1. The average molecular weight is 429 g/mol. The van der Waals surface area contributed by atoms with E-state index in [2.05, 4.69) is 10.3 Å². The molecular formula is C21H23N3O5S. The number of fused-ring (bicyclic) bond motifs is 1. The number of carbonyl (C=O) groups is 1. The monoisotopic (exact) mass is 429 g/mol. The second kappa shape index (κ2) is 7.73. The summed E-state index contributed by atoms with van der Waals surface area (Å²) >= 11 is 0. The number of amides is 1. The standard InChI is InChI=1S/C21H23N3O5S/c1-13-8-14(2)10-16(9-13)22-20(25)15-4-3-7-24(12-15)30(27,28)17-5-6-18-19(11-17)29-21(26)23-18/h5-6,8-11,15H,3-4,7,12H2,1-2H3,(H,22,25)(H,23,26). The molecule has 2 heterocycles. The minimum absolute atomic E-state index is 0.0353. The predicted octanol–water partition coefficient (Wildman–Crippen LogP) is 2.78. The van der Waals surface area contributed by atoms with E-state index in [1.807, 2.05) is 32.0 Å². The van der Waals surface area contributed by atoms with Gasteiger partial charge in [0, 0.05) is 24.8 Å². The second-order valence-electron chi connectivity index (χ2n) is 7.74. The molecule has 0 spiro atoms. The number of rotatable bonds is 4. The summed E-state index contributed by atoms with van der Waals surface area (Å²) in [7, 11) is -3.82. The molecule has 1 atom stereocenters. The molecule has 158 valence electrons. The van der Waals surface area contributed by atoms with Crippen molar-refractivity contribution >= 4 is 32.7 Å². The first-order chi connectivity index (χ1) is 14.2. The number of nitrogens with one attached hydrogen (secondary N) is 2. The van der Waals surface area contributed by atoms with Crippen LogP contribution in [-0.4, -0.2) is 36.7 Å². The van der Waals surface area contributed by atoms with Crippen LogP contribution in [0.4, 0.5) is 5.69 Å². The van der Waals surface area contributed by atoms with Gasteiger partial charge < -0.3 is 9.73 Å². The first-order valence-electron chi connectivity index (χ1n) is 9.74. The van der Waals surface area contributed by atoms with E-state index in [0.717, 1.165) is 11.1 Å². The summed E-state index contributed by atoms with van der Waals surface area (Å²) in [6.07, 6.45) is 1.21. The van der Waals surface area contributed by atoms with Crippen molar-refractivity contribution in [2.45, 2.75) is 31.6 Å². The van der Waals surface area contributed by atoms with E-state index < -0.39 is 21.7 Å². The fraction of sp³-hybridized carbons (Fsp3) is 0.333. The third kappa shape index (κ3) is 4.03. The number of piperidine rings is 1. The number of aromatic nitrogens is 1. The number of H-pyrrole nitrogens is 1. The van der Waals surface area contributed by atoms with Gasteiger partial charge in [0.05, 0.1) is 16.3 Å². The summed E-state index contributed by atoms with van der Waals surface area (Å²) in [4.78, 5) is 26.6. The molecule has 30 heavy (non-hydrogen) atoms. The lowest BCUT2D eigenvalue weighted by Gasteiger charge is -2.31. The van der Waals surface area contributed by atoms with Gasteiger partial charge in [-0.2, -0.15) is 4.31 Å². The lowest BCUT2D eigenvalue weighted by atomic mass is 9.98. The molecule has 9 heteroatoms. The van der Waals surface area contributed by atoms with Crippen molar-refractivity contribution in [2.75, 3.05) is 18.4 Å². The summed E-state index contributed by atoms with van der Waals surface area (Å²) in [5, 5.41) is 2.92. The Morgan fingerprint density at radius 1 is 1.17 bits per heavy atom. The Morgan fingerprint density at radius 3 is 2.63 bits per heavy atom. The zero-order chi connectivity index (χ0) is 21.5. The smallest absolute Gasteiger partial charge is 0.408 e. The highest BCUT2D eigenvalue weighted by Gasteiger charge is 2.33. The fourth-order valence-corrected chi connectivity index (χ4v) is 5.44. The molecule has 4 rings (SSSR count). The van der Waals surface area contributed by atoms with Crippen molar-refractivity contribution in [2.24, 2.45) is 5.92 Å². The van der Waals surface area contributed by atoms with Crippen LogP contribution in [0.2, 0.25) is 0 Å². The van der Waals surface area contributed by atoms with Crippen LogP contribution in [0.15, 0.2) is 50.5 Å². The van der Waals surface area contributed by atoms with Crippen LogP contribution in [0.5, 0.6) is 0 Å². The topological polar surface area (TPSA) is 112 Å². The molecule has 1 saturated heterocycles. The molecule has 1 amide bonds. The SMILES string of the molecule is Cc1cc(C)cc(NC(=O)C2CCCN(S(=O)(=O)c3ccc4[nH]c(=O)oc4c3)C2)c1. The molecule has 0 bridgehead atoms. The summed E-state index contributed by atoms with van der Waals surface area (Å²) in [5.74, 6) is -1.27. The largest absolute Gasteiger partial charge is 0.417 e. The molecule has 0 aliphatic carbocycles. The summed E-state index contributed by atoms with van der Waals surface area (Å²) in [6, 6.07) is 10.1. The summed E-state index contributed by atoms with van der Waals surface area (Å²) < 4.78 is 32.5. The maximum atomic E-state index is 13.1. The number of oxazole rings is 1. The number of hydrogen-bond acceptors (Lipinski definition) is 5. The fourth-order valence-electron chi connectivity index (χ4n) is 3.90. The third-order valence-corrected chi connectivity index (χ3v) is 7.14. The van der Waals surface area contributed by atoms with Crippen LogP contribution < -0.4 is 11.1 Å². The number of anilines is 1. The highest BCUT2D eigenvalue weighted by molar-refractivity contribution is 7.89. The molecule has 0 saturated carbocycles. The van der Waals surface area contributed by atoms with E-state index >= 15 is 0 Å². The number of aromatic amines is 1. The number of hydrogen-bond donors (Lipinski definition) is 2. The van der Waals surface area contributed by atoms with Crippen LogP contribution in [0.3, 0.4) is 0 Å². The van der Waals surface area contributed by atoms with Crippen LogP contribution in [0, 0.1) is 19.8 Å². The molecule has 0 radical (unpaired) electrons. The lowest BCUT2D eigenvalue weighted by Crippen LogP contribution is -2.43. The Balaban J connectivity index is 1.53. The average Bonchev–Trinajstić information content (AvgIpc) is 3.06. The van der Waals surface area contributed by atoms with Crippen LogP contribution >= 0.6 is 0 Å². The normalized spacial score (nSPS) is 17.9. The Kier molecular flexibility index (Phi) is 5.25.